The number of ether oxygens (including phenoxy) is 1. The molecule has 0 heterocycles. The molecule has 0 spiro atoms. The highest BCUT2D eigenvalue weighted by molar-refractivity contribution is 9.09. The summed E-state index contributed by atoms with van der Waals surface area (Å²) in [7, 11) is 0. The summed E-state index contributed by atoms with van der Waals surface area (Å²) in [4.78, 5) is 20.3. The summed E-state index contributed by atoms with van der Waals surface area (Å²) < 4.78 is 28.3. The molecule has 98 valence electrons. The van der Waals surface area contributed by atoms with E-state index >= 15 is 0 Å². The Labute approximate surface area is 109 Å². The van der Waals surface area contributed by atoms with Gasteiger partial charge in [0.1, 0.15) is 10.6 Å². The van der Waals surface area contributed by atoms with Crippen molar-refractivity contribution in [1.82, 2.24) is 0 Å². The maximum Gasteiger partial charge on any atom is 0.387 e. The van der Waals surface area contributed by atoms with Crippen LogP contribution in [0.3, 0.4) is 0 Å². The zero-order valence-corrected chi connectivity index (χ0v) is 10.7. The standard InChI is InChI=1S/C10H8BrF2NO4/c1-5(15)8(11)6-3-2-4-7(18-10(12)13)9(6)14(16)17/h2-4,8,10H,1H3. The van der Waals surface area contributed by atoms with Gasteiger partial charge in [0.05, 0.1) is 10.5 Å². The number of nitro benzene ring substituents is 1. The van der Waals surface area contributed by atoms with E-state index in [2.05, 4.69) is 20.7 Å². The van der Waals surface area contributed by atoms with Crippen LogP contribution in [-0.2, 0) is 4.79 Å². The minimum atomic E-state index is -3.18. The summed E-state index contributed by atoms with van der Waals surface area (Å²) in [5, 5.41) is 10.9. The monoisotopic (exact) mass is 323 g/mol. The fourth-order valence-electron chi connectivity index (χ4n) is 1.35. The zero-order chi connectivity index (χ0) is 13.9. The molecule has 0 amide bonds. The molecule has 0 radical (unpaired) electrons. The molecule has 5 nitrogen and oxygen atoms in total. The van der Waals surface area contributed by atoms with E-state index in [9.17, 15) is 23.7 Å². The molecule has 0 saturated heterocycles. The number of carbonyl (C=O) groups is 1. The molecule has 0 N–H and O–H groups in total. The number of hydrogen-bond donors (Lipinski definition) is 0. The van der Waals surface area contributed by atoms with Gasteiger partial charge in [0.15, 0.2) is 0 Å². The number of para-hydroxylation sites is 1. The quantitative estimate of drug-likeness (QED) is 0.474. The van der Waals surface area contributed by atoms with Crippen molar-refractivity contribution < 1.29 is 23.2 Å². The lowest BCUT2D eigenvalue weighted by Gasteiger charge is -2.11. The van der Waals surface area contributed by atoms with Gasteiger partial charge in [-0.15, -0.1) is 0 Å². The number of hydrogen-bond acceptors (Lipinski definition) is 4. The summed E-state index contributed by atoms with van der Waals surface area (Å²) >= 11 is 2.97. The fraction of sp³-hybridized carbons (Fsp3) is 0.300. The third-order valence-electron chi connectivity index (χ3n) is 2.06. The first-order valence-electron chi connectivity index (χ1n) is 4.71. The third-order valence-corrected chi connectivity index (χ3v) is 3.20. The van der Waals surface area contributed by atoms with E-state index in [4.69, 9.17) is 0 Å². The molecule has 8 heteroatoms. The predicted octanol–water partition coefficient (Wildman–Crippen LogP) is 3.22. The van der Waals surface area contributed by atoms with Crippen molar-refractivity contribution in [2.75, 3.05) is 0 Å². The Morgan fingerprint density at radius 2 is 2.11 bits per heavy atom. The van der Waals surface area contributed by atoms with E-state index in [1.807, 2.05) is 0 Å². The van der Waals surface area contributed by atoms with Crippen molar-refractivity contribution in [3.63, 3.8) is 0 Å². The van der Waals surface area contributed by atoms with Gasteiger partial charge >= 0.3 is 12.3 Å². The van der Waals surface area contributed by atoms with E-state index in [1.165, 1.54) is 19.1 Å². The van der Waals surface area contributed by atoms with Crippen molar-refractivity contribution in [3.8, 4) is 5.75 Å². The SMILES string of the molecule is CC(=O)C(Br)c1cccc(OC(F)F)c1[N+](=O)[O-]. The molecule has 0 aliphatic rings. The molecule has 1 unspecified atom stereocenters. The number of benzene rings is 1. The number of ketones is 1. The van der Waals surface area contributed by atoms with Crippen LogP contribution in [0.4, 0.5) is 14.5 Å². The number of carbonyl (C=O) groups excluding carboxylic acids is 1. The molecule has 1 aromatic carbocycles. The molecule has 1 rings (SSSR count). The van der Waals surface area contributed by atoms with E-state index < -0.39 is 27.8 Å². The maximum atomic E-state index is 12.1. The first kappa shape index (κ1) is 14.5. The lowest BCUT2D eigenvalue weighted by atomic mass is 10.1. The fourth-order valence-corrected chi connectivity index (χ4v) is 1.72. The highest BCUT2D eigenvalue weighted by atomic mass is 79.9. The second-order valence-electron chi connectivity index (χ2n) is 3.30. The van der Waals surface area contributed by atoms with Crippen molar-refractivity contribution >= 4 is 27.4 Å². The molecule has 0 bridgehead atoms. The lowest BCUT2D eigenvalue weighted by molar-refractivity contribution is -0.387. The Morgan fingerprint density at radius 3 is 2.56 bits per heavy atom. The largest absolute Gasteiger partial charge is 0.427 e. The van der Waals surface area contributed by atoms with Crippen molar-refractivity contribution in [2.24, 2.45) is 0 Å². The molecule has 0 aliphatic carbocycles. The molecule has 1 atom stereocenters. The molecule has 18 heavy (non-hydrogen) atoms. The van der Waals surface area contributed by atoms with Crippen LogP contribution >= 0.6 is 15.9 Å². The lowest BCUT2D eigenvalue weighted by Crippen LogP contribution is -2.09. The van der Waals surface area contributed by atoms with Gasteiger partial charge in [0.25, 0.3) is 0 Å². The summed E-state index contributed by atoms with van der Waals surface area (Å²) in [5.41, 5.74) is -0.666. The van der Waals surface area contributed by atoms with Gasteiger partial charge in [-0.05, 0) is 13.0 Å². The van der Waals surface area contributed by atoms with Gasteiger partial charge in [-0.2, -0.15) is 8.78 Å². The molecule has 1 aromatic rings. The van der Waals surface area contributed by atoms with Crippen LogP contribution in [0.5, 0.6) is 5.75 Å². The van der Waals surface area contributed by atoms with Crippen LogP contribution < -0.4 is 4.74 Å². The summed E-state index contributed by atoms with van der Waals surface area (Å²) in [6.07, 6.45) is 0. The average Bonchev–Trinajstić information content (AvgIpc) is 2.26. The minimum absolute atomic E-state index is 0.0225. The molecule has 0 saturated carbocycles. The first-order valence-corrected chi connectivity index (χ1v) is 5.62. The van der Waals surface area contributed by atoms with E-state index in [1.54, 1.807) is 0 Å². The van der Waals surface area contributed by atoms with Gasteiger partial charge < -0.3 is 4.74 Å². The molecular formula is C10H8BrF2NO4. The highest BCUT2D eigenvalue weighted by Crippen LogP contribution is 2.38. The Balaban J connectivity index is 3.34. The van der Waals surface area contributed by atoms with Crippen LogP contribution in [0.2, 0.25) is 0 Å². The summed E-state index contributed by atoms with van der Waals surface area (Å²) in [5.74, 6) is -0.953. The van der Waals surface area contributed by atoms with Gasteiger partial charge in [-0.1, -0.05) is 28.1 Å². The van der Waals surface area contributed by atoms with Crippen LogP contribution in [-0.4, -0.2) is 17.3 Å². The van der Waals surface area contributed by atoms with Gasteiger partial charge in [-0.25, -0.2) is 0 Å². The average molecular weight is 324 g/mol. The maximum absolute atomic E-state index is 12.1. The van der Waals surface area contributed by atoms with Gasteiger partial charge in [-0.3, -0.25) is 14.9 Å². The number of nitro groups is 1. The van der Waals surface area contributed by atoms with Crippen LogP contribution in [0.15, 0.2) is 18.2 Å². The molecule has 0 aromatic heterocycles. The summed E-state index contributed by atoms with van der Waals surface area (Å²) in [6.45, 7) is -1.95. The Kier molecular flexibility index (Phi) is 4.71. The van der Waals surface area contributed by atoms with E-state index in [-0.39, 0.29) is 11.3 Å². The number of nitrogens with zero attached hydrogens (tertiary/aromatic N) is 1. The Morgan fingerprint density at radius 1 is 1.50 bits per heavy atom. The minimum Gasteiger partial charge on any atom is -0.427 e. The van der Waals surface area contributed by atoms with Crippen LogP contribution in [0.1, 0.15) is 17.3 Å². The smallest absolute Gasteiger partial charge is 0.387 e. The molecular weight excluding hydrogens is 316 g/mol. The molecule has 0 fully saturated rings. The topological polar surface area (TPSA) is 69.4 Å². The van der Waals surface area contributed by atoms with Gasteiger partial charge in [0, 0.05) is 0 Å². The van der Waals surface area contributed by atoms with Gasteiger partial charge in [0.2, 0.25) is 5.75 Å². The number of Topliss-reactive ketones (excluding diaryl/α,β-unsaturated/α-hetero) is 1. The van der Waals surface area contributed by atoms with Crippen LogP contribution in [0.25, 0.3) is 0 Å². The Bertz CT molecular complexity index is 481. The second-order valence-corrected chi connectivity index (χ2v) is 4.22. The first-order chi connectivity index (χ1) is 8.34. The van der Waals surface area contributed by atoms with Crippen molar-refractivity contribution in [1.29, 1.82) is 0 Å². The third kappa shape index (κ3) is 3.22. The summed E-state index contributed by atoms with van der Waals surface area (Å²) in [6, 6.07) is 3.65. The highest BCUT2D eigenvalue weighted by Gasteiger charge is 2.28. The zero-order valence-electron chi connectivity index (χ0n) is 9.10. The van der Waals surface area contributed by atoms with E-state index in [0.717, 1.165) is 6.07 Å². The van der Waals surface area contributed by atoms with Crippen LogP contribution in [0, 0.1) is 10.1 Å². The predicted molar refractivity (Wildman–Crippen MR) is 62.1 cm³/mol. The Hall–Kier alpha value is -1.57. The second kappa shape index (κ2) is 5.85. The number of rotatable bonds is 5. The number of alkyl halides is 3. The molecule has 0 aliphatic heterocycles. The number of halogens is 3. The van der Waals surface area contributed by atoms with Crippen molar-refractivity contribution in [3.05, 3.63) is 33.9 Å². The van der Waals surface area contributed by atoms with Crippen molar-refractivity contribution in [2.45, 2.75) is 18.4 Å². The normalized spacial score (nSPS) is 12.3. The van der Waals surface area contributed by atoms with E-state index in [0.29, 0.717) is 0 Å².